The summed E-state index contributed by atoms with van der Waals surface area (Å²) in [5.41, 5.74) is 7.41. The molecule has 0 saturated heterocycles. The van der Waals surface area contributed by atoms with Crippen molar-refractivity contribution in [1.29, 1.82) is 0 Å². The number of halogens is 1. The third-order valence-electron chi connectivity index (χ3n) is 8.70. The maximum Gasteiger partial charge on any atom is 0.251 e. The molecule has 0 aliphatic rings. The van der Waals surface area contributed by atoms with Crippen LogP contribution in [0.2, 0.25) is 0 Å². The zero-order valence-corrected chi connectivity index (χ0v) is 28.8. The fourth-order valence-corrected chi connectivity index (χ4v) is 10.9. The van der Waals surface area contributed by atoms with Crippen LogP contribution < -0.4 is 38.2 Å². The SMILES string of the molecule is Cc1cc(C(=O)NCCC[P+](c2ccccc2)(c2ccccc2)c2ccccc2)c(C)c(-c2ccccc2)c1-c1ccccc1.[Br-]. The minimum Gasteiger partial charge on any atom is -1.00 e. The van der Waals surface area contributed by atoms with Gasteiger partial charge in [0.2, 0.25) is 0 Å². The van der Waals surface area contributed by atoms with E-state index in [9.17, 15) is 4.79 Å². The van der Waals surface area contributed by atoms with Crippen LogP contribution in [-0.2, 0) is 0 Å². The molecule has 0 atom stereocenters. The van der Waals surface area contributed by atoms with E-state index in [4.69, 9.17) is 0 Å². The molecule has 0 heterocycles. The van der Waals surface area contributed by atoms with Crippen LogP contribution in [0.15, 0.2) is 158 Å². The normalized spacial score (nSPS) is 11.0. The zero-order valence-electron chi connectivity index (χ0n) is 26.4. The van der Waals surface area contributed by atoms with E-state index >= 15 is 0 Å². The molecule has 0 fully saturated rings. The van der Waals surface area contributed by atoms with Gasteiger partial charge in [0.1, 0.15) is 23.2 Å². The third kappa shape index (κ3) is 6.77. The number of benzene rings is 6. The third-order valence-corrected chi connectivity index (χ3v) is 13.2. The van der Waals surface area contributed by atoms with Crippen LogP contribution in [-0.4, -0.2) is 18.6 Å². The van der Waals surface area contributed by atoms with Gasteiger partial charge < -0.3 is 22.3 Å². The van der Waals surface area contributed by atoms with Gasteiger partial charge >= 0.3 is 0 Å². The highest BCUT2D eigenvalue weighted by Gasteiger charge is 2.44. The van der Waals surface area contributed by atoms with Crippen molar-refractivity contribution in [3.05, 3.63) is 174 Å². The van der Waals surface area contributed by atoms with Crippen molar-refractivity contribution in [3.8, 4) is 22.3 Å². The van der Waals surface area contributed by atoms with E-state index in [0.29, 0.717) is 6.54 Å². The van der Waals surface area contributed by atoms with Gasteiger partial charge in [-0.25, -0.2) is 0 Å². The van der Waals surface area contributed by atoms with Gasteiger partial charge in [-0.2, -0.15) is 0 Å². The largest absolute Gasteiger partial charge is 1.00 e. The van der Waals surface area contributed by atoms with Crippen LogP contribution in [0.3, 0.4) is 0 Å². The van der Waals surface area contributed by atoms with E-state index in [1.165, 1.54) is 21.5 Å². The first-order chi connectivity index (χ1) is 22.1. The van der Waals surface area contributed by atoms with Gasteiger partial charge in [-0.3, -0.25) is 4.79 Å². The number of hydrogen-bond acceptors (Lipinski definition) is 1. The van der Waals surface area contributed by atoms with Crippen molar-refractivity contribution in [2.75, 3.05) is 12.7 Å². The van der Waals surface area contributed by atoms with Gasteiger partial charge in [-0.05, 0) is 96.1 Å². The Labute approximate surface area is 284 Å². The predicted molar refractivity (Wildman–Crippen MR) is 194 cm³/mol. The summed E-state index contributed by atoms with van der Waals surface area (Å²) in [4.78, 5) is 13.9. The van der Waals surface area contributed by atoms with Crippen molar-refractivity contribution in [2.24, 2.45) is 0 Å². The molecule has 6 aromatic carbocycles. The van der Waals surface area contributed by atoms with Gasteiger partial charge in [0.25, 0.3) is 5.91 Å². The molecule has 0 aliphatic carbocycles. The summed E-state index contributed by atoms with van der Waals surface area (Å²) in [6.07, 6.45) is 1.83. The van der Waals surface area contributed by atoms with Gasteiger partial charge in [0, 0.05) is 12.1 Å². The Hall–Kier alpha value is -4.30. The first kappa shape index (κ1) is 33.1. The summed E-state index contributed by atoms with van der Waals surface area (Å²) in [5.74, 6) is -0.0181. The molecule has 0 bridgehead atoms. The Morgan fingerprint density at radius 3 is 1.39 bits per heavy atom. The van der Waals surface area contributed by atoms with Crippen LogP contribution >= 0.6 is 7.26 Å². The van der Waals surface area contributed by atoms with E-state index in [0.717, 1.165) is 46.0 Å². The predicted octanol–water partition coefficient (Wildman–Crippen LogP) is 5.76. The topological polar surface area (TPSA) is 29.1 Å². The van der Waals surface area contributed by atoms with Crippen LogP contribution in [0.25, 0.3) is 22.3 Å². The first-order valence-electron chi connectivity index (χ1n) is 15.7. The molecule has 4 heteroatoms. The van der Waals surface area contributed by atoms with E-state index in [1.54, 1.807) is 0 Å². The number of hydrogen-bond donors (Lipinski definition) is 1. The van der Waals surface area contributed by atoms with Crippen molar-refractivity contribution in [1.82, 2.24) is 5.32 Å². The maximum atomic E-state index is 13.9. The van der Waals surface area contributed by atoms with Gasteiger partial charge in [-0.15, -0.1) is 0 Å². The highest BCUT2D eigenvalue weighted by atomic mass is 79.9. The number of carbonyl (C=O) groups is 1. The zero-order chi connectivity index (χ0) is 31.1. The fourth-order valence-electron chi connectivity index (χ4n) is 6.59. The monoisotopic (exact) mass is 683 g/mol. The molecular weight excluding hydrogens is 645 g/mol. The quantitative estimate of drug-likeness (QED) is 0.145. The molecule has 0 spiro atoms. The van der Waals surface area contributed by atoms with E-state index in [2.05, 4.69) is 165 Å². The van der Waals surface area contributed by atoms with Crippen molar-refractivity contribution in [2.45, 2.75) is 20.3 Å². The highest BCUT2D eigenvalue weighted by Crippen LogP contribution is 2.55. The summed E-state index contributed by atoms with van der Waals surface area (Å²) >= 11 is 0. The molecule has 0 aliphatic heterocycles. The Balaban J connectivity index is 0.00000417. The molecule has 0 radical (unpaired) electrons. The minimum atomic E-state index is -1.94. The molecule has 46 heavy (non-hydrogen) atoms. The second-order valence-electron chi connectivity index (χ2n) is 11.5. The summed E-state index contributed by atoms with van der Waals surface area (Å²) in [6.45, 7) is 4.80. The minimum absolute atomic E-state index is 0. The average molecular weight is 685 g/mol. The molecular formula is C42H39BrNOP. The Morgan fingerprint density at radius 1 is 0.565 bits per heavy atom. The number of aryl methyl sites for hydroxylation is 1. The maximum absolute atomic E-state index is 13.9. The summed E-state index contributed by atoms with van der Waals surface area (Å²) < 4.78 is 0. The fraction of sp³-hybridized carbons (Fsp3) is 0.119. The Morgan fingerprint density at radius 2 is 0.957 bits per heavy atom. The lowest BCUT2D eigenvalue weighted by Crippen LogP contribution is -3.00. The van der Waals surface area contributed by atoms with Crippen LogP contribution in [0.5, 0.6) is 0 Å². The van der Waals surface area contributed by atoms with E-state index < -0.39 is 7.26 Å². The summed E-state index contributed by atoms with van der Waals surface area (Å²) in [5, 5.41) is 7.41. The van der Waals surface area contributed by atoms with Crippen molar-refractivity contribution in [3.63, 3.8) is 0 Å². The van der Waals surface area contributed by atoms with E-state index in [-0.39, 0.29) is 22.9 Å². The van der Waals surface area contributed by atoms with Gasteiger partial charge in [0.15, 0.2) is 0 Å². The second-order valence-corrected chi connectivity index (χ2v) is 15.1. The number of nitrogens with one attached hydrogen (secondary N) is 1. The average Bonchev–Trinajstić information content (AvgIpc) is 3.11. The summed E-state index contributed by atoms with van der Waals surface area (Å²) in [7, 11) is -1.94. The highest BCUT2D eigenvalue weighted by molar-refractivity contribution is 7.95. The number of amides is 1. The molecule has 2 nitrogen and oxygen atoms in total. The standard InChI is InChI=1S/C42H38NOP.BrH/c1-32-31-39(33(2)41(35-21-10-4-11-22-35)40(32)34-19-8-3-9-20-34)42(44)43-29-18-30-45(36-23-12-5-13-24-36,37-25-14-6-15-26-37)38-27-16-7-17-28-38;/h3-17,19-28,31H,18,29-30H2,1-2H3;1H. The van der Waals surface area contributed by atoms with Crippen molar-refractivity contribution < 1.29 is 21.8 Å². The van der Waals surface area contributed by atoms with Gasteiger partial charge in [-0.1, -0.05) is 115 Å². The molecule has 1 amide bonds. The smallest absolute Gasteiger partial charge is 0.251 e. The molecule has 6 rings (SSSR count). The Kier molecular flexibility index (Phi) is 11.0. The molecule has 0 saturated carbocycles. The lowest BCUT2D eigenvalue weighted by atomic mass is 9.85. The van der Waals surface area contributed by atoms with Crippen LogP contribution in [0.1, 0.15) is 27.9 Å². The molecule has 1 N–H and O–H groups in total. The molecule has 0 aromatic heterocycles. The second kappa shape index (κ2) is 15.3. The summed E-state index contributed by atoms with van der Waals surface area (Å²) in [6, 6.07) is 55.8. The molecule has 230 valence electrons. The first-order valence-corrected chi connectivity index (χ1v) is 17.6. The number of carbonyl (C=O) groups excluding carboxylic acids is 1. The van der Waals surface area contributed by atoms with Gasteiger partial charge in [0.05, 0.1) is 6.16 Å². The lowest BCUT2D eigenvalue weighted by molar-refractivity contribution is -0.0000171. The number of rotatable bonds is 10. The Bertz CT molecular complexity index is 1770. The molecule has 0 unspecified atom stereocenters. The van der Waals surface area contributed by atoms with Crippen molar-refractivity contribution >= 4 is 29.1 Å². The van der Waals surface area contributed by atoms with Crippen LogP contribution in [0.4, 0.5) is 0 Å². The lowest BCUT2D eigenvalue weighted by Gasteiger charge is -2.27. The molecule has 6 aromatic rings. The van der Waals surface area contributed by atoms with Crippen LogP contribution in [0, 0.1) is 13.8 Å². The van der Waals surface area contributed by atoms with E-state index in [1.807, 2.05) is 12.1 Å².